The van der Waals surface area contributed by atoms with Crippen LogP contribution in [-0.4, -0.2) is 167 Å². The van der Waals surface area contributed by atoms with Crippen LogP contribution in [0.25, 0.3) is 17.0 Å². The minimum absolute atomic E-state index is 0.0498. The number of hydrogen-bond acceptors (Lipinski definition) is 8. The Morgan fingerprint density at radius 3 is 2.09 bits per heavy atom. The molecular weight excluding hydrogens is 879 g/mol. The molecule has 69 heavy (non-hydrogen) atoms. The molecule has 8 amide bonds. The molecule has 6 atom stereocenters. The number of carbonyl (C=O) groups is 8. The number of benzene rings is 2. The van der Waals surface area contributed by atoms with Gasteiger partial charge in [0.05, 0.1) is 13.1 Å². The highest BCUT2D eigenvalue weighted by Gasteiger charge is 2.44. The van der Waals surface area contributed by atoms with E-state index in [-0.39, 0.29) is 50.2 Å². The number of nitrogens with one attached hydrogen (secondary N) is 3. The molecule has 3 N–H and O–H groups in total. The molecule has 2 heterocycles. The van der Waals surface area contributed by atoms with Crippen molar-refractivity contribution in [1.82, 2.24) is 45.0 Å². The average molecular weight is 954 g/mol. The van der Waals surface area contributed by atoms with E-state index in [1.54, 1.807) is 34.1 Å². The van der Waals surface area contributed by atoms with E-state index in [4.69, 9.17) is 0 Å². The van der Waals surface area contributed by atoms with Crippen LogP contribution in [0.1, 0.15) is 85.3 Å². The highest BCUT2D eigenvalue weighted by Crippen LogP contribution is 2.26. The van der Waals surface area contributed by atoms with Gasteiger partial charge in [-0.3, -0.25) is 38.4 Å². The maximum atomic E-state index is 14.7. The number of likely N-dealkylation sites (N-methyl/N-ethyl adjacent to an activating group) is 5. The summed E-state index contributed by atoms with van der Waals surface area (Å²) in [5, 5.41) is 6.22. The molecule has 1 aliphatic rings. The molecule has 0 radical (unpaired) electrons. The second-order valence-electron chi connectivity index (χ2n) is 19.2. The molecule has 17 heteroatoms. The number of carbonyl (C=O) groups excluding carboxylic acids is 8. The molecular formula is C52H75N9O8. The van der Waals surface area contributed by atoms with E-state index < -0.39 is 77.5 Å². The summed E-state index contributed by atoms with van der Waals surface area (Å²) in [7, 11) is 7.78. The Hall–Kier alpha value is -6.52. The lowest BCUT2D eigenvalue weighted by molar-refractivity contribution is -0.155. The normalized spacial score (nSPS) is 15.9. The molecule has 0 aliphatic carbocycles. The fraction of sp³-hybridized carbons (Fsp3) is 0.538. The van der Waals surface area contributed by atoms with Crippen LogP contribution in [0.4, 0.5) is 0 Å². The van der Waals surface area contributed by atoms with Crippen LogP contribution in [-0.2, 0) is 44.8 Å². The zero-order valence-electron chi connectivity index (χ0n) is 42.7. The molecule has 0 saturated carbocycles. The van der Waals surface area contributed by atoms with Gasteiger partial charge in [-0.1, -0.05) is 96.5 Å². The SMILES string of the molecule is CCC(C)[C@@H](C(=O)N(C)/C=C\c1c[nH]c2ccccc12)N(C)C(=O)CN(C)C(=O)C(C(C)C)N(C)C(=O)[C@H](CC(C)C)N(C)C(=O)C1CCCN1C(=O)[C@H](Cc1ccccc1)NC(=O)CNC(C)=O. The fourth-order valence-electron chi connectivity index (χ4n) is 9.01. The Morgan fingerprint density at radius 1 is 0.812 bits per heavy atom. The van der Waals surface area contributed by atoms with Gasteiger partial charge in [0.2, 0.25) is 47.3 Å². The predicted molar refractivity (Wildman–Crippen MR) is 267 cm³/mol. The monoisotopic (exact) mass is 954 g/mol. The summed E-state index contributed by atoms with van der Waals surface area (Å²) < 4.78 is 0. The number of rotatable bonds is 22. The van der Waals surface area contributed by atoms with Crippen LogP contribution in [0.3, 0.4) is 0 Å². The van der Waals surface area contributed by atoms with Crippen molar-refractivity contribution in [2.45, 2.75) is 111 Å². The minimum Gasteiger partial charge on any atom is -0.361 e. The van der Waals surface area contributed by atoms with Crippen LogP contribution in [0.15, 0.2) is 67.0 Å². The molecule has 1 saturated heterocycles. The Kier molecular flexibility index (Phi) is 20.1. The summed E-state index contributed by atoms with van der Waals surface area (Å²) in [4.78, 5) is 122. The largest absolute Gasteiger partial charge is 0.361 e. The van der Waals surface area contributed by atoms with Crippen molar-refractivity contribution >= 4 is 64.2 Å². The number of aromatic amines is 1. The van der Waals surface area contributed by atoms with Crippen LogP contribution in [0.5, 0.6) is 0 Å². The van der Waals surface area contributed by atoms with Gasteiger partial charge in [0.1, 0.15) is 30.2 Å². The molecule has 17 nitrogen and oxygen atoms in total. The zero-order chi connectivity index (χ0) is 51.3. The number of aromatic nitrogens is 1. The maximum absolute atomic E-state index is 14.7. The van der Waals surface area contributed by atoms with E-state index in [0.29, 0.717) is 19.3 Å². The van der Waals surface area contributed by atoms with Crippen molar-refractivity contribution in [3.63, 3.8) is 0 Å². The summed E-state index contributed by atoms with van der Waals surface area (Å²) in [6.07, 6.45) is 7.29. The van der Waals surface area contributed by atoms with Crippen molar-refractivity contribution in [3.8, 4) is 0 Å². The maximum Gasteiger partial charge on any atom is 0.249 e. The lowest BCUT2D eigenvalue weighted by Gasteiger charge is -2.39. The van der Waals surface area contributed by atoms with Gasteiger partial charge in [0, 0.05) is 84.0 Å². The number of nitrogens with zero attached hydrogens (tertiary/aromatic N) is 6. The minimum atomic E-state index is -1.03. The van der Waals surface area contributed by atoms with Gasteiger partial charge in [-0.05, 0) is 54.7 Å². The number of H-pyrrole nitrogens is 1. The van der Waals surface area contributed by atoms with Crippen molar-refractivity contribution < 1.29 is 38.4 Å². The van der Waals surface area contributed by atoms with Gasteiger partial charge >= 0.3 is 0 Å². The topological polar surface area (TPSA) is 196 Å². The van der Waals surface area contributed by atoms with Gasteiger partial charge < -0.3 is 45.0 Å². The molecule has 0 bridgehead atoms. The van der Waals surface area contributed by atoms with Gasteiger partial charge in [-0.25, -0.2) is 0 Å². The predicted octanol–water partition coefficient (Wildman–Crippen LogP) is 4.14. The molecule has 1 aromatic heterocycles. The van der Waals surface area contributed by atoms with E-state index in [1.165, 1.54) is 57.5 Å². The smallest absolute Gasteiger partial charge is 0.249 e. The van der Waals surface area contributed by atoms with Crippen molar-refractivity contribution in [2.75, 3.05) is 54.9 Å². The van der Waals surface area contributed by atoms with Crippen molar-refractivity contribution in [1.29, 1.82) is 0 Å². The van der Waals surface area contributed by atoms with Crippen molar-refractivity contribution in [3.05, 3.63) is 78.1 Å². The standard InChI is InChI=1S/C52H75N9O8/c1-13-35(6)47(52(69)56(8)27-25-38-30-54-40-23-18-17-22-39(38)40)59(11)45(64)32-57(9)51(68)46(34(4)5)60(12)50(67)43(28-33(2)3)58(10)49(66)42-24-19-26-61(42)48(65)41(29-37-20-15-14-16-21-37)55-44(63)31-53-36(7)62/h14-18,20-23,25,27,30,33-35,41-43,46-47,54H,13,19,24,26,28-29,31-32H2,1-12H3,(H,53,62)(H,55,63)/b27-25-/t35?,41-,42?,43-,46?,47-/m0/s1. The molecule has 376 valence electrons. The first kappa shape index (κ1) is 55.1. The van der Waals surface area contributed by atoms with E-state index in [0.717, 1.165) is 22.0 Å². The van der Waals surface area contributed by atoms with Crippen molar-refractivity contribution in [2.24, 2.45) is 17.8 Å². The van der Waals surface area contributed by atoms with E-state index in [9.17, 15) is 38.4 Å². The van der Waals surface area contributed by atoms with Crippen LogP contribution in [0, 0.1) is 17.8 Å². The summed E-state index contributed by atoms with van der Waals surface area (Å²) in [6.45, 7) is 12.2. The molecule has 0 spiro atoms. The van der Waals surface area contributed by atoms with Gasteiger partial charge in [-0.2, -0.15) is 0 Å². The van der Waals surface area contributed by atoms with E-state index >= 15 is 0 Å². The number of amides is 8. The third kappa shape index (κ3) is 14.3. The first-order chi connectivity index (χ1) is 32.6. The molecule has 3 unspecified atom stereocenters. The Bertz CT molecular complexity index is 2310. The lowest BCUT2D eigenvalue weighted by Crippen LogP contribution is -2.60. The van der Waals surface area contributed by atoms with Gasteiger partial charge in [0.25, 0.3) is 0 Å². The van der Waals surface area contributed by atoms with Gasteiger partial charge in [0.15, 0.2) is 0 Å². The molecule has 3 aromatic rings. The van der Waals surface area contributed by atoms with Crippen LogP contribution < -0.4 is 10.6 Å². The fourth-order valence-corrected chi connectivity index (χ4v) is 9.01. The molecule has 2 aromatic carbocycles. The number of fused-ring (bicyclic) bond motifs is 1. The number of para-hydroxylation sites is 1. The molecule has 1 fully saturated rings. The van der Waals surface area contributed by atoms with E-state index in [2.05, 4.69) is 15.6 Å². The second kappa shape index (κ2) is 25.2. The average Bonchev–Trinajstić information content (AvgIpc) is 3.98. The highest BCUT2D eigenvalue weighted by molar-refractivity contribution is 5.97. The number of likely N-dealkylation sites (tertiary alicyclic amines) is 1. The first-order valence-corrected chi connectivity index (χ1v) is 24.0. The zero-order valence-corrected chi connectivity index (χ0v) is 42.7. The molecule has 4 rings (SSSR count). The van der Waals surface area contributed by atoms with Crippen LogP contribution >= 0.6 is 0 Å². The third-order valence-corrected chi connectivity index (χ3v) is 13.1. The second-order valence-corrected chi connectivity index (χ2v) is 19.2. The van der Waals surface area contributed by atoms with Crippen LogP contribution in [0.2, 0.25) is 0 Å². The Balaban J connectivity index is 1.50. The number of hydrogen-bond donors (Lipinski definition) is 3. The summed E-state index contributed by atoms with van der Waals surface area (Å²) in [6, 6.07) is 12.2. The third-order valence-electron chi connectivity index (χ3n) is 13.1. The summed E-state index contributed by atoms with van der Waals surface area (Å²) in [5.41, 5.74) is 2.67. The first-order valence-electron chi connectivity index (χ1n) is 24.0. The Morgan fingerprint density at radius 2 is 1.46 bits per heavy atom. The lowest BCUT2D eigenvalue weighted by atomic mass is 9.96. The summed E-state index contributed by atoms with van der Waals surface area (Å²) >= 11 is 0. The Labute approximate surface area is 408 Å². The van der Waals surface area contributed by atoms with Gasteiger partial charge in [-0.15, -0.1) is 0 Å². The quantitative estimate of drug-likeness (QED) is 0.134. The summed E-state index contributed by atoms with van der Waals surface area (Å²) in [5.74, 6) is -4.22. The van der Waals surface area contributed by atoms with E-state index in [1.807, 2.05) is 94.6 Å². The highest BCUT2D eigenvalue weighted by atomic mass is 16.2. The molecule has 1 aliphatic heterocycles.